The molecule has 1 aliphatic carbocycles. The first-order valence-electron chi connectivity index (χ1n) is 7.01. The summed E-state index contributed by atoms with van der Waals surface area (Å²) in [5.41, 5.74) is -0.0146. The van der Waals surface area contributed by atoms with Gasteiger partial charge in [-0.3, -0.25) is 0 Å². The number of carbonyl (C=O) groups excluding carboxylic acids is 1. The van der Waals surface area contributed by atoms with Crippen molar-refractivity contribution in [3.05, 3.63) is 22.4 Å². The molecule has 2 amide bonds. The van der Waals surface area contributed by atoms with E-state index in [0.29, 0.717) is 0 Å². The molecule has 0 unspecified atom stereocenters. The minimum Gasteiger partial charge on any atom is -0.337 e. The average Bonchev–Trinajstić information content (AvgIpc) is 2.96. The van der Waals surface area contributed by atoms with Crippen LogP contribution in [-0.2, 0) is 5.41 Å². The predicted octanol–water partition coefficient (Wildman–Crippen LogP) is 3.66. The summed E-state index contributed by atoms with van der Waals surface area (Å²) >= 11 is 1.81. The Morgan fingerprint density at radius 2 is 2.05 bits per heavy atom. The van der Waals surface area contributed by atoms with Gasteiger partial charge in [-0.2, -0.15) is 0 Å². The highest BCUT2D eigenvalue weighted by atomic mass is 32.1. The molecule has 19 heavy (non-hydrogen) atoms. The molecule has 1 aromatic heterocycles. The summed E-state index contributed by atoms with van der Waals surface area (Å²) < 4.78 is 0. The first-order chi connectivity index (χ1) is 8.91. The third-order valence-electron chi connectivity index (χ3n) is 3.68. The lowest BCUT2D eigenvalue weighted by atomic mass is 9.84. The standard InChI is InChI=1S/C15H24N2OS/c1-14(2,3)17-13(18)16-11-15(8-4-5-9-15)12-7-6-10-19-12/h6-7,10H,4-5,8-9,11H2,1-3H3,(H2,16,17,18). The van der Waals surface area contributed by atoms with Gasteiger partial charge in [0.25, 0.3) is 0 Å². The maximum absolute atomic E-state index is 11.9. The van der Waals surface area contributed by atoms with Crippen molar-refractivity contribution in [2.24, 2.45) is 0 Å². The van der Waals surface area contributed by atoms with Gasteiger partial charge < -0.3 is 10.6 Å². The van der Waals surface area contributed by atoms with E-state index in [4.69, 9.17) is 0 Å². The Morgan fingerprint density at radius 1 is 1.37 bits per heavy atom. The molecule has 106 valence electrons. The van der Waals surface area contributed by atoms with E-state index in [9.17, 15) is 4.79 Å². The predicted molar refractivity (Wildman–Crippen MR) is 80.8 cm³/mol. The van der Waals surface area contributed by atoms with Gasteiger partial charge in [0.2, 0.25) is 0 Å². The Kier molecular flexibility index (Phi) is 4.19. The van der Waals surface area contributed by atoms with E-state index in [1.807, 2.05) is 32.1 Å². The van der Waals surface area contributed by atoms with Crippen LogP contribution in [0, 0.1) is 0 Å². The third kappa shape index (κ3) is 3.72. The number of carbonyl (C=O) groups is 1. The number of amides is 2. The fourth-order valence-electron chi connectivity index (χ4n) is 2.78. The SMILES string of the molecule is CC(C)(C)NC(=O)NCC1(c2cccs2)CCCC1. The van der Waals surface area contributed by atoms with E-state index < -0.39 is 0 Å². The van der Waals surface area contributed by atoms with E-state index in [1.165, 1.54) is 30.6 Å². The molecule has 2 rings (SSSR count). The zero-order chi connectivity index (χ0) is 13.9. The molecule has 0 radical (unpaired) electrons. The summed E-state index contributed by atoms with van der Waals surface area (Å²) in [5.74, 6) is 0. The highest BCUT2D eigenvalue weighted by Gasteiger charge is 2.36. The number of hydrogen-bond acceptors (Lipinski definition) is 2. The van der Waals surface area contributed by atoms with E-state index in [2.05, 4.69) is 28.1 Å². The van der Waals surface area contributed by atoms with E-state index in [1.54, 1.807) is 0 Å². The number of nitrogens with one attached hydrogen (secondary N) is 2. The lowest BCUT2D eigenvalue weighted by Crippen LogP contribution is -2.49. The van der Waals surface area contributed by atoms with Crippen LogP contribution in [0.3, 0.4) is 0 Å². The summed E-state index contributed by atoms with van der Waals surface area (Å²) in [7, 11) is 0. The fraction of sp³-hybridized carbons (Fsp3) is 0.667. The minimum atomic E-state index is -0.185. The van der Waals surface area contributed by atoms with Crippen molar-refractivity contribution in [1.82, 2.24) is 10.6 Å². The van der Waals surface area contributed by atoms with Crippen molar-refractivity contribution < 1.29 is 4.79 Å². The molecule has 0 spiro atoms. The van der Waals surface area contributed by atoms with E-state index >= 15 is 0 Å². The number of urea groups is 1. The molecule has 0 bridgehead atoms. The monoisotopic (exact) mass is 280 g/mol. The van der Waals surface area contributed by atoms with Gasteiger partial charge in [-0.15, -0.1) is 11.3 Å². The smallest absolute Gasteiger partial charge is 0.315 e. The van der Waals surface area contributed by atoms with E-state index in [-0.39, 0.29) is 17.0 Å². The largest absolute Gasteiger partial charge is 0.337 e. The van der Waals surface area contributed by atoms with Crippen LogP contribution in [0.15, 0.2) is 17.5 Å². The number of hydrogen-bond donors (Lipinski definition) is 2. The van der Waals surface area contributed by atoms with Crippen LogP contribution in [-0.4, -0.2) is 18.1 Å². The van der Waals surface area contributed by atoms with Gasteiger partial charge in [0.05, 0.1) is 0 Å². The second-order valence-electron chi connectivity index (χ2n) is 6.52. The van der Waals surface area contributed by atoms with E-state index in [0.717, 1.165) is 6.54 Å². The van der Waals surface area contributed by atoms with Gasteiger partial charge in [-0.05, 0) is 45.1 Å². The van der Waals surface area contributed by atoms with Gasteiger partial charge in [-0.1, -0.05) is 18.9 Å². The van der Waals surface area contributed by atoms with Gasteiger partial charge in [-0.25, -0.2) is 4.79 Å². The molecule has 2 N–H and O–H groups in total. The lowest BCUT2D eigenvalue weighted by molar-refractivity contribution is 0.228. The van der Waals surface area contributed by atoms with Crippen molar-refractivity contribution in [3.8, 4) is 0 Å². The van der Waals surface area contributed by atoms with Crippen LogP contribution in [0.25, 0.3) is 0 Å². The fourth-order valence-corrected chi connectivity index (χ4v) is 3.76. The van der Waals surface area contributed by atoms with Crippen LogP contribution in [0.2, 0.25) is 0 Å². The van der Waals surface area contributed by atoms with Gasteiger partial charge >= 0.3 is 6.03 Å². The molecular weight excluding hydrogens is 256 g/mol. The summed E-state index contributed by atoms with van der Waals surface area (Å²) in [5, 5.41) is 8.16. The first kappa shape index (κ1) is 14.4. The molecule has 3 nitrogen and oxygen atoms in total. The van der Waals surface area contributed by atoms with Gasteiger partial charge in [0.1, 0.15) is 0 Å². The van der Waals surface area contributed by atoms with Crippen LogP contribution in [0.4, 0.5) is 4.79 Å². The van der Waals surface area contributed by atoms with Crippen molar-refractivity contribution in [3.63, 3.8) is 0 Å². The highest BCUT2D eigenvalue weighted by Crippen LogP contribution is 2.42. The topological polar surface area (TPSA) is 41.1 Å². The van der Waals surface area contributed by atoms with Crippen LogP contribution in [0.5, 0.6) is 0 Å². The van der Waals surface area contributed by atoms with Gasteiger partial charge in [0.15, 0.2) is 0 Å². The molecule has 1 saturated carbocycles. The second kappa shape index (κ2) is 5.53. The summed E-state index contributed by atoms with van der Waals surface area (Å²) in [6, 6.07) is 4.25. The molecular formula is C15H24N2OS. The van der Waals surface area contributed by atoms with Crippen LogP contribution >= 0.6 is 11.3 Å². The first-order valence-corrected chi connectivity index (χ1v) is 7.89. The lowest BCUT2D eigenvalue weighted by Gasteiger charge is -2.29. The van der Waals surface area contributed by atoms with Crippen molar-refractivity contribution in [2.45, 2.75) is 57.4 Å². The average molecular weight is 280 g/mol. The Balaban J connectivity index is 1.97. The molecule has 0 saturated heterocycles. The Morgan fingerprint density at radius 3 is 2.58 bits per heavy atom. The van der Waals surface area contributed by atoms with Crippen molar-refractivity contribution >= 4 is 17.4 Å². The molecule has 0 aromatic carbocycles. The quantitative estimate of drug-likeness (QED) is 0.871. The van der Waals surface area contributed by atoms with Crippen LogP contribution < -0.4 is 10.6 Å². The third-order valence-corrected chi connectivity index (χ3v) is 4.80. The maximum atomic E-state index is 11.9. The normalized spacial score (nSPS) is 18.3. The zero-order valence-corrected chi connectivity index (χ0v) is 12.9. The highest BCUT2D eigenvalue weighted by molar-refractivity contribution is 7.10. The minimum absolute atomic E-state index is 0.0599. The van der Waals surface area contributed by atoms with Gasteiger partial charge in [0, 0.05) is 22.4 Å². The molecule has 4 heteroatoms. The Bertz CT molecular complexity index is 414. The van der Waals surface area contributed by atoms with Crippen molar-refractivity contribution in [1.29, 1.82) is 0 Å². The summed E-state index contributed by atoms with van der Waals surface area (Å²) in [6.07, 6.45) is 4.90. The molecule has 1 aromatic rings. The van der Waals surface area contributed by atoms with Crippen LogP contribution in [0.1, 0.15) is 51.3 Å². The summed E-state index contributed by atoms with van der Waals surface area (Å²) in [6.45, 7) is 6.74. The zero-order valence-electron chi connectivity index (χ0n) is 12.1. The molecule has 1 heterocycles. The van der Waals surface area contributed by atoms with Crippen molar-refractivity contribution in [2.75, 3.05) is 6.54 Å². The maximum Gasteiger partial charge on any atom is 0.315 e. The molecule has 0 atom stereocenters. The molecule has 0 aliphatic heterocycles. The molecule has 1 aliphatic rings. The number of thiophene rings is 1. The Hall–Kier alpha value is -1.03. The Labute approximate surface area is 119 Å². The second-order valence-corrected chi connectivity index (χ2v) is 7.47. The molecule has 1 fully saturated rings. The summed E-state index contributed by atoms with van der Waals surface area (Å²) in [4.78, 5) is 13.3. The number of rotatable bonds is 3.